The fourth-order valence-electron chi connectivity index (χ4n) is 3.75. The van der Waals surface area contributed by atoms with Gasteiger partial charge in [-0.2, -0.15) is 0 Å². The molecule has 4 heteroatoms. The van der Waals surface area contributed by atoms with E-state index in [4.69, 9.17) is 9.47 Å². The fourth-order valence-corrected chi connectivity index (χ4v) is 3.75. The maximum Gasteiger partial charge on any atom is 0.342 e. The van der Waals surface area contributed by atoms with Gasteiger partial charge in [-0.05, 0) is 32.3 Å². The van der Waals surface area contributed by atoms with Gasteiger partial charge in [-0.15, -0.1) is 0 Å². The van der Waals surface area contributed by atoms with Crippen molar-refractivity contribution in [3.63, 3.8) is 0 Å². The molecule has 0 radical (unpaired) electrons. The third-order valence-electron chi connectivity index (χ3n) is 5.27. The first-order chi connectivity index (χ1) is 13.5. The van der Waals surface area contributed by atoms with Crippen molar-refractivity contribution in [2.75, 3.05) is 6.61 Å². The first-order valence-corrected chi connectivity index (χ1v) is 9.63. The first-order valence-electron chi connectivity index (χ1n) is 9.63. The SMILES string of the molecule is CC1(C)CCc2c(C(=O)OCCc3ccccc3)c(O)c3ccccc3c2O1. The van der Waals surface area contributed by atoms with E-state index in [2.05, 4.69) is 0 Å². The lowest BCUT2D eigenvalue weighted by Crippen LogP contribution is -2.33. The zero-order valence-electron chi connectivity index (χ0n) is 16.2. The number of phenols is 1. The van der Waals surface area contributed by atoms with Crippen molar-refractivity contribution in [2.24, 2.45) is 0 Å². The van der Waals surface area contributed by atoms with Crippen molar-refractivity contribution in [3.8, 4) is 11.5 Å². The number of carbonyl (C=O) groups excluding carboxylic acids is 1. The van der Waals surface area contributed by atoms with Crippen LogP contribution in [-0.4, -0.2) is 23.3 Å². The largest absolute Gasteiger partial charge is 0.506 e. The molecule has 0 aromatic heterocycles. The van der Waals surface area contributed by atoms with E-state index >= 15 is 0 Å². The second-order valence-electron chi connectivity index (χ2n) is 7.81. The number of esters is 1. The number of phenolic OH excluding ortho intramolecular Hbond substituents is 1. The van der Waals surface area contributed by atoms with Gasteiger partial charge in [0.1, 0.15) is 22.7 Å². The molecule has 3 aromatic rings. The monoisotopic (exact) mass is 376 g/mol. The molecule has 0 bridgehead atoms. The van der Waals surface area contributed by atoms with Crippen molar-refractivity contribution in [1.29, 1.82) is 0 Å². The van der Waals surface area contributed by atoms with Gasteiger partial charge in [0.2, 0.25) is 0 Å². The second kappa shape index (κ2) is 7.19. The van der Waals surface area contributed by atoms with Crippen molar-refractivity contribution in [2.45, 2.75) is 38.7 Å². The third-order valence-corrected chi connectivity index (χ3v) is 5.27. The molecule has 0 unspecified atom stereocenters. The van der Waals surface area contributed by atoms with Crippen LogP contribution in [-0.2, 0) is 17.6 Å². The predicted molar refractivity (Wildman–Crippen MR) is 109 cm³/mol. The van der Waals surface area contributed by atoms with Crippen LogP contribution in [0.5, 0.6) is 11.5 Å². The molecular weight excluding hydrogens is 352 g/mol. The van der Waals surface area contributed by atoms with Gasteiger partial charge in [-0.3, -0.25) is 0 Å². The normalized spacial score (nSPS) is 14.9. The number of carbonyl (C=O) groups is 1. The number of hydrogen-bond acceptors (Lipinski definition) is 4. The molecule has 1 heterocycles. The van der Waals surface area contributed by atoms with Crippen LogP contribution >= 0.6 is 0 Å². The van der Waals surface area contributed by atoms with Gasteiger partial charge in [0.25, 0.3) is 0 Å². The number of benzene rings is 3. The molecule has 28 heavy (non-hydrogen) atoms. The Morgan fingerprint density at radius 3 is 2.50 bits per heavy atom. The molecule has 144 valence electrons. The van der Waals surface area contributed by atoms with Crippen LogP contribution in [0.4, 0.5) is 0 Å². The average Bonchev–Trinajstić information content (AvgIpc) is 2.69. The summed E-state index contributed by atoms with van der Waals surface area (Å²) in [6.07, 6.45) is 2.05. The van der Waals surface area contributed by atoms with Crippen molar-refractivity contribution in [1.82, 2.24) is 0 Å². The highest BCUT2D eigenvalue weighted by Gasteiger charge is 2.33. The summed E-state index contributed by atoms with van der Waals surface area (Å²) in [6.45, 7) is 4.33. The zero-order chi connectivity index (χ0) is 19.7. The van der Waals surface area contributed by atoms with Crippen LogP contribution in [0.25, 0.3) is 10.8 Å². The summed E-state index contributed by atoms with van der Waals surface area (Å²) in [4.78, 5) is 12.9. The van der Waals surface area contributed by atoms with Gasteiger partial charge in [-0.25, -0.2) is 4.79 Å². The molecule has 3 aromatic carbocycles. The van der Waals surface area contributed by atoms with Gasteiger partial charge >= 0.3 is 5.97 Å². The van der Waals surface area contributed by atoms with Crippen LogP contribution < -0.4 is 4.74 Å². The Morgan fingerprint density at radius 1 is 1.07 bits per heavy atom. The lowest BCUT2D eigenvalue weighted by atomic mass is 9.88. The van der Waals surface area contributed by atoms with Crippen LogP contribution in [0.15, 0.2) is 54.6 Å². The molecule has 0 fully saturated rings. The maximum absolute atomic E-state index is 12.9. The Kier molecular flexibility index (Phi) is 4.71. The highest BCUT2D eigenvalue weighted by atomic mass is 16.5. The highest BCUT2D eigenvalue weighted by molar-refractivity contribution is 6.06. The van der Waals surface area contributed by atoms with Crippen LogP contribution in [0.2, 0.25) is 0 Å². The minimum absolute atomic E-state index is 0.0256. The van der Waals surface area contributed by atoms with Gasteiger partial charge < -0.3 is 14.6 Å². The lowest BCUT2D eigenvalue weighted by molar-refractivity contribution is 0.0494. The number of hydrogen-bond donors (Lipinski definition) is 1. The number of rotatable bonds is 4. The standard InChI is InChI=1S/C24H24O4/c1-24(2)14-12-19-20(23(26)27-15-13-16-8-4-3-5-9-16)21(25)17-10-6-7-11-18(17)22(19)28-24/h3-11,25H,12-15H2,1-2H3. The van der Waals surface area contributed by atoms with Crippen molar-refractivity contribution < 1.29 is 19.4 Å². The van der Waals surface area contributed by atoms with Gasteiger partial charge in [0.05, 0.1) is 6.61 Å². The zero-order valence-corrected chi connectivity index (χ0v) is 16.2. The highest BCUT2D eigenvalue weighted by Crippen LogP contribution is 2.45. The van der Waals surface area contributed by atoms with E-state index in [1.54, 1.807) is 6.07 Å². The quantitative estimate of drug-likeness (QED) is 0.648. The number of fused-ring (bicyclic) bond motifs is 3. The predicted octanol–water partition coefficient (Wildman–Crippen LogP) is 5.05. The fraction of sp³-hybridized carbons (Fsp3) is 0.292. The minimum atomic E-state index is -0.501. The Morgan fingerprint density at radius 2 is 1.75 bits per heavy atom. The summed E-state index contributed by atoms with van der Waals surface area (Å²) >= 11 is 0. The molecule has 1 aliphatic rings. The third kappa shape index (κ3) is 3.42. The average molecular weight is 376 g/mol. The summed E-state index contributed by atoms with van der Waals surface area (Å²) in [6, 6.07) is 17.3. The molecular formula is C24H24O4. The smallest absolute Gasteiger partial charge is 0.342 e. The summed E-state index contributed by atoms with van der Waals surface area (Å²) in [5, 5.41) is 12.3. The summed E-state index contributed by atoms with van der Waals surface area (Å²) in [5.41, 5.74) is 1.75. The molecule has 0 atom stereocenters. The van der Waals surface area contributed by atoms with Gasteiger partial charge in [0, 0.05) is 22.8 Å². The van der Waals surface area contributed by atoms with E-state index in [1.165, 1.54) is 0 Å². The van der Waals surface area contributed by atoms with E-state index in [0.717, 1.165) is 22.9 Å². The van der Waals surface area contributed by atoms with E-state index in [9.17, 15) is 9.90 Å². The Labute approximate surface area is 164 Å². The van der Waals surface area contributed by atoms with Crippen LogP contribution in [0.1, 0.15) is 41.8 Å². The first kappa shape index (κ1) is 18.4. The number of aromatic hydroxyl groups is 1. The van der Waals surface area contributed by atoms with Crippen LogP contribution in [0, 0.1) is 0 Å². The number of ether oxygens (including phenoxy) is 2. The van der Waals surface area contributed by atoms with Crippen molar-refractivity contribution in [3.05, 3.63) is 71.3 Å². The topological polar surface area (TPSA) is 55.8 Å². The molecule has 0 saturated heterocycles. The molecule has 4 rings (SSSR count). The summed E-state index contributed by atoms with van der Waals surface area (Å²) in [5.74, 6) is 0.153. The summed E-state index contributed by atoms with van der Waals surface area (Å²) < 4.78 is 11.8. The van der Waals surface area contributed by atoms with E-state index in [0.29, 0.717) is 24.0 Å². The molecule has 0 amide bonds. The molecule has 0 aliphatic carbocycles. The minimum Gasteiger partial charge on any atom is -0.506 e. The van der Waals surface area contributed by atoms with E-state index in [1.807, 2.05) is 62.4 Å². The Bertz CT molecular complexity index is 1020. The van der Waals surface area contributed by atoms with Crippen molar-refractivity contribution >= 4 is 16.7 Å². The molecule has 1 N–H and O–H groups in total. The molecule has 0 spiro atoms. The summed E-state index contributed by atoms with van der Waals surface area (Å²) in [7, 11) is 0. The van der Waals surface area contributed by atoms with Gasteiger partial charge in [-0.1, -0.05) is 54.6 Å². The van der Waals surface area contributed by atoms with Crippen LogP contribution in [0.3, 0.4) is 0 Å². The Balaban J connectivity index is 1.68. The molecule has 4 nitrogen and oxygen atoms in total. The second-order valence-corrected chi connectivity index (χ2v) is 7.81. The lowest BCUT2D eigenvalue weighted by Gasteiger charge is -2.34. The van der Waals surface area contributed by atoms with E-state index in [-0.39, 0.29) is 23.5 Å². The maximum atomic E-state index is 12.9. The van der Waals surface area contributed by atoms with E-state index < -0.39 is 5.97 Å². The molecule has 0 saturated carbocycles. The Hall–Kier alpha value is -3.01. The molecule has 1 aliphatic heterocycles. The van der Waals surface area contributed by atoms with Gasteiger partial charge in [0.15, 0.2) is 0 Å².